The van der Waals surface area contributed by atoms with Gasteiger partial charge in [-0.3, -0.25) is 19.4 Å². The highest BCUT2D eigenvalue weighted by Crippen LogP contribution is 2.22. The van der Waals surface area contributed by atoms with E-state index in [1.54, 1.807) is 16.8 Å². The molecule has 1 amide bonds. The van der Waals surface area contributed by atoms with Crippen molar-refractivity contribution in [3.05, 3.63) is 51.4 Å². The summed E-state index contributed by atoms with van der Waals surface area (Å²) in [6.07, 6.45) is 2.79. The summed E-state index contributed by atoms with van der Waals surface area (Å²) in [5, 5.41) is 9.05. The van der Waals surface area contributed by atoms with E-state index >= 15 is 0 Å². The van der Waals surface area contributed by atoms with Crippen molar-refractivity contribution in [2.75, 3.05) is 13.1 Å². The second kappa shape index (κ2) is 7.13. The monoisotopic (exact) mass is 393 g/mol. The Morgan fingerprint density at radius 3 is 2.59 bits per heavy atom. The summed E-state index contributed by atoms with van der Waals surface area (Å²) in [4.78, 5) is 33.0. The SMILES string of the molecule is CCn1c(=N)c(C(=O)N2CC(C)CC(C)C2)cc2c(=O)n3cccc(C)c3nc21. The number of nitrogens with zero attached hydrogens (tertiary/aromatic N) is 4. The number of fused-ring (bicyclic) bond motifs is 2. The number of piperidine rings is 1. The maximum absolute atomic E-state index is 13.3. The van der Waals surface area contributed by atoms with Crippen LogP contribution >= 0.6 is 0 Å². The third-order valence-corrected chi connectivity index (χ3v) is 5.84. The first kappa shape index (κ1) is 19.4. The van der Waals surface area contributed by atoms with E-state index in [2.05, 4.69) is 18.8 Å². The second-order valence-electron chi connectivity index (χ2n) is 8.35. The first-order valence-corrected chi connectivity index (χ1v) is 10.2. The molecular formula is C22H27N5O2. The highest BCUT2D eigenvalue weighted by molar-refractivity contribution is 5.97. The van der Waals surface area contributed by atoms with Crippen LogP contribution in [0.4, 0.5) is 0 Å². The van der Waals surface area contributed by atoms with Crippen LogP contribution in [0.25, 0.3) is 16.7 Å². The molecule has 0 radical (unpaired) electrons. The molecule has 152 valence electrons. The molecule has 4 rings (SSSR count). The topological polar surface area (TPSA) is 83.5 Å². The molecule has 1 aliphatic rings. The molecule has 1 aliphatic heterocycles. The zero-order valence-electron chi connectivity index (χ0n) is 17.4. The largest absolute Gasteiger partial charge is 0.338 e. The Balaban J connectivity index is 1.97. The summed E-state index contributed by atoms with van der Waals surface area (Å²) in [7, 11) is 0. The Bertz CT molecular complexity index is 1230. The van der Waals surface area contributed by atoms with E-state index in [1.165, 1.54) is 4.40 Å². The fraction of sp³-hybridized carbons (Fsp3) is 0.455. The van der Waals surface area contributed by atoms with E-state index in [1.807, 2.05) is 30.9 Å². The Morgan fingerprint density at radius 2 is 1.93 bits per heavy atom. The smallest absolute Gasteiger partial charge is 0.267 e. The molecule has 2 atom stereocenters. The third-order valence-electron chi connectivity index (χ3n) is 5.84. The van der Waals surface area contributed by atoms with Crippen molar-refractivity contribution in [1.29, 1.82) is 5.41 Å². The number of amides is 1. The van der Waals surface area contributed by atoms with Crippen LogP contribution < -0.4 is 11.0 Å². The van der Waals surface area contributed by atoms with Gasteiger partial charge in [-0.2, -0.15) is 0 Å². The van der Waals surface area contributed by atoms with Crippen LogP contribution in [-0.4, -0.2) is 37.8 Å². The lowest BCUT2D eigenvalue weighted by atomic mass is 9.91. The van der Waals surface area contributed by atoms with Crippen molar-refractivity contribution in [3.8, 4) is 0 Å². The molecule has 3 aromatic rings. The number of hydrogen-bond donors (Lipinski definition) is 1. The summed E-state index contributed by atoms with van der Waals surface area (Å²) >= 11 is 0. The van der Waals surface area contributed by atoms with Gasteiger partial charge in [0.25, 0.3) is 11.5 Å². The van der Waals surface area contributed by atoms with Crippen LogP contribution in [0.5, 0.6) is 0 Å². The molecule has 4 heterocycles. The highest BCUT2D eigenvalue weighted by Gasteiger charge is 2.28. The van der Waals surface area contributed by atoms with Crippen molar-refractivity contribution < 1.29 is 4.79 Å². The maximum Gasteiger partial charge on any atom is 0.267 e. The Morgan fingerprint density at radius 1 is 1.24 bits per heavy atom. The van der Waals surface area contributed by atoms with Gasteiger partial charge < -0.3 is 9.47 Å². The summed E-state index contributed by atoms with van der Waals surface area (Å²) < 4.78 is 3.17. The van der Waals surface area contributed by atoms with Crippen LogP contribution in [0.3, 0.4) is 0 Å². The van der Waals surface area contributed by atoms with Gasteiger partial charge in [0, 0.05) is 25.8 Å². The van der Waals surface area contributed by atoms with Crippen molar-refractivity contribution in [1.82, 2.24) is 18.9 Å². The van der Waals surface area contributed by atoms with E-state index in [0.29, 0.717) is 48.2 Å². The number of aromatic nitrogens is 3. The molecule has 0 aliphatic carbocycles. The van der Waals surface area contributed by atoms with Crippen LogP contribution in [0, 0.1) is 24.2 Å². The van der Waals surface area contributed by atoms with Crippen molar-refractivity contribution in [2.24, 2.45) is 11.8 Å². The van der Waals surface area contributed by atoms with Gasteiger partial charge in [-0.15, -0.1) is 0 Å². The predicted octanol–water partition coefficient (Wildman–Crippen LogP) is 2.58. The highest BCUT2D eigenvalue weighted by atomic mass is 16.2. The predicted molar refractivity (Wildman–Crippen MR) is 112 cm³/mol. The van der Waals surface area contributed by atoms with Gasteiger partial charge in [-0.25, -0.2) is 4.98 Å². The minimum absolute atomic E-state index is 0.112. The quantitative estimate of drug-likeness (QED) is 0.679. The average Bonchev–Trinajstić information content (AvgIpc) is 2.67. The molecule has 2 unspecified atom stereocenters. The second-order valence-corrected chi connectivity index (χ2v) is 8.35. The molecule has 1 N–H and O–H groups in total. The number of carbonyl (C=O) groups excluding carboxylic acids is 1. The summed E-state index contributed by atoms with van der Waals surface area (Å²) in [5.41, 5.74) is 2.08. The third kappa shape index (κ3) is 3.14. The minimum Gasteiger partial charge on any atom is -0.338 e. The van der Waals surface area contributed by atoms with Crippen LogP contribution in [0.2, 0.25) is 0 Å². The number of nitrogens with one attached hydrogen (secondary N) is 1. The maximum atomic E-state index is 13.3. The first-order valence-electron chi connectivity index (χ1n) is 10.2. The molecule has 0 aromatic carbocycles. The molecule has 29 heavy (non-hydrogen) atoms. The van der Waals surface area contributed by atoms with Gasteiger partial charge in [0.15, 0.2) is 0 Å². The minimum atomic E-state index is -0.217. The zero-order chi connectivity index (χ0) is 20.9. The Hall–Kier alpha value is -2.96. The lowest BCUT2D eigenvalue weighted by Gasteiger charge is -2.35. The van der Waals surface area contributed by atoms with Gasteiger partial charge in [0.1, 0.15) is 16.8 Å². The van der Waals surface area contributed by atoms with E-state index < -0.39 is 0 Å². The van der Waals surface area contributed by atoms with Crippen molar-refractivity contribution in [3.63, 3.8) is 0 Å². The van der Waals surface area contributed by atoms with Crippen LogP contribution in [0.15, 0.2) is 29.2 Å². The van der Waals surface area contributed by atoms with Gasteiger partial charge >= 0.3 is 0 Å². The first-order chi connectivity index (χ1) is 13.8. The normalized spacial score (nSPS) is 19.8. The fourth-order valence-electron chi connectivity index (χ4n) is 4.57. The van der Waals surface area contributed by atoms with E-state index in [0.717, 1.165) is 12.0 Å². The lowest BCUT2D eigenvalue weighted by Crippen LogP contribution is -2.45. The van der Waals surface area contributed by atoms with Crippen molar-refractivity contribution in [2.45, 2.75) is 40.7 Å². The molecule has 7 nitrogen and oxygen atoms in total. The number of aryl methyl sites for hydroxylation is 2. The number of hydrogen-bond acceptors (Lipinski definition) is 4. The molecule has 3 aromatic heterocycles. The average molecular weight is 393 g/mol. The molecule has 7 heteroatoms. The number of pyridine rings is 2. The van der Waals surface area contributed by atoms with Crippen LogP contribution in [-0.2, 0) is 6.54 Å². The Labute approximate surface area is 169 Å². The van der Waals surface area contributed by atoms with E-state index in [9.17, 15) is 9.59 Å². The summed E-state index contributed by atoms with van der Waals surface area (Å²) in [6, 6.07) is 5.29. The summed E-state index contributed by atoms with van der Waals surface area (Å²) in [6.45, 7) is 9.92. The number of carbonyl (C=O) groups is 1. The van der Waals surface area contributed by atoms with Gasteiger partial charge in [-0.1, -0.05) is 19.9 Å². The van der Waals surface area contributed by atoms with E-state index in [-0.39, 0.29) is 22.5 Å². The van der Waals surface area contributed by atoms with Gasteiger partial charge in [0.2, 0.25) is 0 Å². The fourth-order valence-corrected chi connectivity index (χ4v) is 4.57. The molecule has 1 fully saturated rings. The number of likely N-dealkylation sites (tertiary alicyclic amines) is 1. The number of rotatable bonds is 2. The van der Waals surface area contributed by atoms with Gasteiger partial charge in [-0.05, 0) is 49.8 Å². The standard InChI is InChI=1S/C22H27N5O2/c1-5-26-18(23)16(21(28)25-11-13(2)9-14(3)12-25)10-17-20(26)24-19-15(4)7-6-8-27(19)22(17)29/h6-8,10,13-14,23H,5,9,11-12H2,1-4H3. The molecule has 0 spiro atoms. The zero-order valence-corrected chi connectivity index (χ0v) is 17.4. The molecule has 1 saturated heterocycles. The van der Waals surface area contributed by atoms with Gasteiger partial charge in [0.05, 0.1) is 10.9 Å². The van der Waals surface area contributed by atoms with Crippen LogP contribution in [0.1, 0.15) is 43.1 Å². The lowest BCUT2D eigenvalue weighted by molar-refractivity contribution is 0.0620. The van der Waals surface area contributed by atoms with E-state index in [4.69, 9.17) is 5.41 Å². The molecule has 0 bridgehead atoms. The molecular weight excluding hydrogens is 366 g/mol. The summed E-state index contributed by atoms with van der Waals surface area (Å²) in [5.74, 6) is 0.677. The molecule has 0 saturated carbocycles. The van der Waals surface area contributed by atoms with Crippen molar-refractivity contribution >= 4 is 22.6 Å². The Kier molecular flexibility index (Phi) is 4.76.